The quantitative estimate of drug-likeness (QED) is 0.613. The van der Waals surface area contributed by atoms with Crippen molar-refractivity contribution >= 4 is 12.1 Å². The molecule has 0 radical (unpaired) electrons. The lowest BCUT2D eigenvalue weighted by molar-refractivity contribution is -0.132. The van der Waals surface area contributed by atoms with E-state index in [1.54, 1.807) is 20.8 Å². The van der Waals surface area contributed by atoms with Crippen LogP contribution in [-0.4, -0.2) is 61.5 Å². The number of amides is 1. The van der Waals surface area contributed by atoms with Crippen molar-refractivity contribution < 1.29 is 22.7 Å². The number of carbonyl (C=O) groups excluding carboxylic acids is 1. The summed E-state index contributed by atoms with van der Waals surface area (Å²) in [5.74, 6) is 0.290. The van der Waals surface area contributed by atoms with Gasteiger partial charge in [-0.2, -0.15) is 13.2 Å². The van der Waals surface area contributed by atoms with Crippen molar-refractivity contribution in [2.75, 3.05) is 26.7 Å². The lowest BCUT2D eigenvalue weighted by atomic mass is 10.1. The Morgan fingerprint density at radius 1 is 1.32 bits per heavy atom. The molecule has 0 unspecified atom stereocenters. The van der Waals surface area contributed by atoms with Crippen LogP contribution < -0.4 is 10.6 Å². The van der Waals surface area contributed by atoms with E-state index >= 15 is 0 Å². The third kappa shape index (κ3) is 6.86. The van der Waals surface area contributed by atoms with Crippen molar-refractivity contribution in [1.82, 2.24) is 15.5 Å². The molecule has 6 nitrogen and oxygen atoms in total. The SMILES string of the molecule is CN=C(NCCC(F)(F)F)NC1CN(C(=O)OC(C)(C)C)C1. The van der Waals surface area contributed by atoms with Gasteiger partial charge >= 0.3 is 12.3 Å². The standard InChI is InChI=1S/C13H23F3N4O2/c1-12(2,3)22-11(21)20-7-9(8-20)19-10(17-4)18-6-5-13(14,15)16/h9H,5-8H2,1-4H3,(H2,17,18,19). The van der Waals surface area contributed by atoms with E-state index in [9.17, 15) is 18.0 Å². The molecule has 1 saturated heterocycles. The van der Waals surface area contributed by atoms with Gasteiger partial charge in [0, 0.05) is 26.7 Å². The lowest BCUT2D eigenvalue weighted by Gasteiger charge is -2.40. The summed E-state index contributed by atoms with van der Waals surface area (Å²) in [6.45, 7) is 5.96. The lowest BCUT2D eigenvalue weighted by Crippen LogP contribution is -2.63. The second kappa shape index (κ2) is 7.06. The Kier molecular flexibility index (Phi) is 5.90. The molecule has 1 aliphatic rings. The molecule has 1 heterocycles. The summed E-state index contributed by atoms with van der Waals surface area (Å²) in [6.07, 6.45) is -5.52. The van der Waals surface area contributed by atoms with Crippen molar-refractivity contribution in [2.24, 2.45) is 4.99 Å². The highest BCUT2D eigenvalue weighted by Crippen LogP contribution is 2.18. The third-order valence-electron chi connectivity index (χ3n) is 2.80. The van der Waals surface area contributed by atoms with Crippen LogP contribution >= 0.6 is 0 Å². The number of likely N-dealkylation sites (tertiary alicyclic amines) is 1. The van der Waals surface area contributed by atoms with Crippen LogP contribution in [0.1, 0.15) is 27.2 Å². The number of carbonyl (C=O) groups is 1. The summed E-state index contributed by atoms with van der Waals surface area (Å²) in [5.41, 5.74) is -0.551. The summed E-state index contributed by atoms with van der Waals surface area (Å²) in [4.78, 5) is 17.1. The van der Waals surface area contributed by atoms with Crippen LogP contribution in [0.5, 0.6) is 0 Å². The van der Waals surface area contributed by atoms with Crippen molar-refractivity contribution in [1.29, 1.82) is 0 Å². The molecule has 9 heteroatoms. The van der Waals surface area contributed by atoms with Crippen LogP contribution in [0.4, 0.5) is 18.0 Å². The first kappa shape index (κ1) is 18.4. The average molecular weight is 324 g/mol. The molecule has 0 spiro atoms. The zero-order valence-corrected chi connectivity index (χ0v) is 13.3. The molecular formula is C13H23F3N4O2. The first-order chi connectivity index (χ1) is 10.00. The minimum Gasteiger partial charge on any atom is -0.444 e. The van der Waals surface area contributed by atoms with Gasteiger partial charge in [-0.3, -0.25) is 4.99 Å². The van der Waals surface area contributed by atoms with E-state index in [0.29, 0.717) is 13.1 Å². The predicted octanol–water partition coefficient (Wildman–Crippen LogP) is 1.72. The summed E-state index contributed by atoms with van der Waals surface area (Å²) in [5, 5.41) is 5.55. The highest BCUT2D eigenvalue weighted by molar-refractivity contribution is 5.80. The fraction of sp³-hybridized carbons (Fsp3) is 0.846. The van der Waals surface area contributed by atoms with Crippen molar-refractivity contribution in [3.8, 4) is 0 Å². The molecule has 0 aliphatic carbocycles. The first-order valence-corrected chi connectivity index (χ1v) is 7.02. The number of ether oxygens (including phenoxy) is 1. The molecule has 0 aromatic rings. The Labute approximate surface area is 128 Å². The number of hydrogen-bond acceptors (Lipinski definition) is 3. The molecule has 0 saturated carbocycles. The summed E-state index contributed by atoms with van der Waals surface area (Å²) in [7, 11) is 1.48. The van der Waals surface area contributed by atoms with Crippen LogP contribution in [0.25, 0.3) is 0 Å². The maximum absolute atomic E-state index is 12.1. The maximum Gasteiger partial charge on any atom is 0.410 e. The van der Waals surface area contributed by atoms with Gasteiger partial charge in [0.25, 0.3) is 0 Å². The predicted molar refractivity (Wildman–Crippen MR) is 76.8 cm³/mol. The molecule has 1 amide bonds. The largest absolute Gasteiger partial charge is 0.444 e. The van der Waals surface area contributed by atoms with Crippen molar-refractivity contribution in [3.05, 3.63) is 0 Å². The van der Waals surface area contributed by atoms with Crippen molar-refractivity contribution in [2.45, 2.75) is 45.0 Å². The van der Waals surface area contributed by atoms with Crippen LogP contribution in [0.15, 0.2) is 4.99 Å². The van der Waals surface area contributed by atoms with Crippen LogP contribution in [0, 0.1) is 0 Å². The Morgan fingerprint density at radius 3 is 2.36 bits per heavy atom. The average Bonchev–Trinajstić information content (AvgIpc) is 2.26. The van der Waals surface area contributed by atoms with E-state index in [1.165, 1.54) is 11.9 Å². The van der Waals surface area contributed by atoms with Crippen LogP contribution in [0.2, 0.25) is 0 Å². The van der Waals surface area contributed by atoms with Gasteiger partial charge in [-0.1, -0.05) is 0 Å². The Bertz CT molecular complexity index is 412. The molecule has 1 rings (SSSR count). The van der Waals surface area contributed by atoms with Gasteiger partial charge in [0.1, 0.15) is 5.60 Å². The van der Waals surface area contributed by atoms with E-state index in [0.717, 1.165) is 0 Å². The fourth-order valence-electron chi connectivity index (χ4n) is 1.76. The molecule has 128 valence electrons. The zero-order chi connectivity index (χ0) is 17.0. The van der Waals surface area contributed by atoms with Gasteiger partial charge in [0.05, 0.1) is 12.5 Å². The highest BCUT2D eigenvalue weighted by atomic mass is 19.4. The second-order valence-electron chi connectivity index (χ2n) is 6.09. The van der Waals surface area contributed by atoms with E-state index in [1.807, 2.05) is 0 Å². The van der Waals surface area contributed by atoms with E-state index in [4.69, 9.17) is 4.74 Å². The molecule has 1 aliphatic heterocycles. The highest BCUT2D eigenvalue weighted by Gasteiger charge is 2.34. The number of hydrogen-bond donors (Lipinski definition) is 2. The molecular weight excluding hydrogens is 301 g/mol. The Hall–Kier alpha value is -1.67. The Balaban J connectivity index is 2.27. The van der Waals surface area contributed by atoms with Gasteiger partial charge in [-0.25, -0.2) is 4.79 Å². The minimum atomic E-state index is -4.20. The molecule has 0 atom stereocenters. The monoisotopic (exact) mass is 324 g/mol. The van der Waals surface area contributed by atoms with Crippen LogP contribution in [0.3, 0.4) is 0 Å². The summed E-state index contributed by atoms with van der Waals surface area (Å²) >= 11 is 0. The van der Waals surface area contributed by atoms with Gasteiger partial charge in [-0.05, 0) is 20.8 Å². The molecule has 1 fully saturated rings. The molecule has 0 aromatic carbocycles. The molecule has 0 bridgehead atoms. The number of halogens is 3. The van der Waals surface area contributed by atoms with E-state index < -0.39 is 24.3 Å². The Morgan fingerprint density at radius 2 is 1.91 bits per heavy atom. The van der Waals surface area contributed by atoms with Crippen molar-refractivity contribution in [3.63, 3.8) is 0 Å². The van der Waals surface area contributed by atoms with Gasteiger partial charge in [-0.15, -0.1) is 0 Å². The third-order valence-corrected chi connectivity index (χ3v) is 2.80. The number of aliphatic imine (C=N–C) groups is 1. The van der Waals surface area contributed by atoms with Gasteiger partial charge < -0.3 is 20.3 Å². The molecule has 22 heavy (non-hydrogen) atoms. The topological polar surface area (TPSA) is 66.0 Å². The van der Waals surface area contributed by atoms with E-state index in [2.05, 4.69) is 15.6 Å². The number of rotatable bonds is 3. The van der Waals surface area contributed by atoms with Crippen LogP contribution in [-0.2, 0) is 4.74 Å². The number of nitrogens with one attached hydrogen (secondary N) is 2. The zero-order valence-electron chi connectivity index (χ0n) is 13.3. The van der Waals surface area contributed by atoms with Gasteiger partial charge in [0.15, 0.2) is 5.96 Å². The number of nitrogens with zero attached hydrogens (tertiary/aromatic N) is 2. The first-order valence-electron chi connectivity index (χ1n) is 7.02. The number of guanidine groups is 1. The minimum absolute atomic E-state index is 0.0513. The van der Waals surface area contributed by atoms with Gasteiger partial charge in [0.2, 0.25) is 0 Å². The smallest absolute Gasteiger partial charge is 0.410 e. The normalized spacial score (nSPS) is 17.0. The second-order valence-corrected chi connectivity index (χ2v) is 6.09. The summed E-state index contributed by atoms with van der Waals surface area (Å²) < 4.78 is 41.4. The molecule has 2 N–H and O–H groups in total. The summed E-state index contributed by atoms with van der Waals surface area (Å²) in [6, 6.07) is -0.0513. The number of alkyl halides is 3. The molecule has 0 aromatic heterocycles. The van der Waals surface area contributed by atoms with E-state index in [-0.39, 0.29) is 18.5 Å². The fourth-order valence-corrected chi connectivity index (χ4v) is 1.76. The maximum atomic E-state index is 12.1.